The summed E-state index contributed by atoms with van der Waals surface area (Å²) in [5.74, 6) is 1.35. The number of ether oxygens (including phenoxy) is 1. The van der Waals surface area contributed by atoms with Gasteiger partial charge in [0.05, 0.1) is 5.69 Å². The van der Waals surface area contributed by atoms with Crippen LogP contribution in [0.15, 0.2) is 97.2 Å². The molecule has 5 rings (SSSR count). The molecule has 0 unspecified atom stereocenters. The molecule has 0 saturated carbocycles. The summed E-state index contributed by atoms with van der Waals surface area (Å²) >= 11 is 0. The third-order valence-corrected chi connectivity index (χ3v) is 6.38. The molecule has 2 aromatic heterocycles. The van der Waals surface area contributed by atoms with Crippen LogP contribution in [0, 0.1) is 0 Å². The summed E-state index contributed by atoms with van der Waals surface area (Å²) in [5.41, 5.74) is 5.65. The van der Waals surface area contributed by atoms with Crippen LogP contribution < -0.4 is 10.1 Å². The van der Waals surface area contributed by atoms with Crippen molar-refractivity contribution in [3.8, 4) is 28.1 Å². The summed E-state index contributed by atoms with van der Waals surface area (Å²) in [6.07, 6.45) is 1.82. The highest BCUT2D eigenvalue weighted by Gasteiger charge is 2.13. The Labute approximate surface area is 218 Å². The molecule has 0 radical (unpaired) electrons. The van der Waals surface area contributed by atoms with Gasteiger partial charge in [0, 0.05) is 34.9 Å². The summed E-state index contributed by atoms with van der Waals surface area (Å²) in [4.78, 5) is 16.6. The molecule has 0 aliphatic heterocycles. The summed E-state index contributed by atoms with van der Waals surface area (Å²) in [5, 5.41) is 4.19. The number of nitrogens with one attached hydrogen (secondary N) is 1. The van der Waals surface area contributed by atoms with Crippen LogP contribution in [0.25, 0.3) is 33.4 Å². The highest BCUT2D eigenvalue weighted by Crippen LogP contribution is 2.33. The number of likely N-dealkylation sites (N-methyl/N-ethyl adjacent to an activating group) is 1. The highest BCUT2D eigenvalue weighted by atomic mass is 16.5. The second-order valence-corrected chi connectivity index (χ2v) is 8.75. The van der Waals surface area contributed by atoms with E-state index in [2.05, 4.69) is 59.4 Å². The van der Waals surface area contributed by atoms with Crippen LogP contribution in [0.5, 0.6) is 5.75 Å². The lowest BCUT2D eigenvalue weighted by Crippen LogP contribution is -2.27. The predicted octanol–water partition coefficient (Wildman–Crippen LogP) is 6.82. The Kier molecular flexibility index (Phi) is 7.67. The average molecular weight is 490 g/mol. The second kappa shape index (κ2) is 11.6. The lowest BCUT2D eigenvalue weighted by atomic mass is 9.98. The van der Waals surface area contributed by atoms with Gasteiger partial charge in [-0.15, -0.1) is 0 Å². The fourth-order valence-electron chi connectivity index (χ4n) is 4.27. The standard InChI is InChI=1S/C31H31N5O/c1-3-36(4-2)19-20-37-27-17-15-26(16-18-27)33-31-32-22-25-21-28(23-11-7-5-8-12-23)29(34-30(25)35-31)24-13-9-6-10-14-24/h5-18,21-22H,3-4,19-20H2,1-2H3,(H,32,33,34,35). The molecule has 0 saturated heterocycles. The molecule has 0 fully saturated rings. The van der Waals surface area contributed by atoms with Crippen LogP contribution in [-0.2, 0) is 0 Å². The van der Waals surface area contributed by atoms with Gasteiger partial charge in [0.15, 0.2) is 5.65 Å². The number of pyridine rings is 1. The lowest BCUT2D eigenvalue weighted by Gasteiger charge is -2.18. The normalized spacial score (nSPS) is 11.1. The molecule has 2 heterocycles. The number of aromatic nitrogens is 3. The zero-order chi connectivity index (χ0) is 25.5. The molecule has 0 amide bonds. The molecular formula is C31H31N5O. The number of benzene rings is 3. The molecule has 6 heteroatoms. The van der Waals surface area contributed by atoms with Gasteiger partial charge >= 0.3 is 0 Å². The van der Waals surface area contributed by atoms with Crippen molar-refractivity contribution in [3.05, 3.63) is 97.2 Å². The first-order valence-corrected chi connectivity index (χ1v) is 12.7. The number of fused-ring (bicyclic) bond motifs is 1. The van der Waals surface area contributed by atoms with Crippen molar-refractivity contribution in [2.75, 3.05) is 31.6 Å². The minimum absolute atomic E-state index is 0.502. The van der Waals surface area contributed by atoms with E-state index >= 15 is 0 Å². The molecule has 0 bridgehead atoms. The second-order valence-electron chi connectivity index (χ2n) is 8.75. The van der Waals surface area contributed by atoms with Crippen molar-refractivity contribution in [1.82, 2.24) is 19.9 Å². The van der Waals surface area contributed by atoms with Crippen LogP contribution in [0.3, 0.4) is 0 Å². The van der Waals surface area contributed by atoms with Crippen LogP contribution >= 0.6 is 0 Å². The fraction of sp³-hybridized carbons (Fsp3) is 0.194. The number of anilines is 2. The Morgan fingerprint density at radius 2 is 1.46 bits per heavy atom. The average Bonchev–Trinajstić information content (AvgIpc) is 2.96. The first kappa shape index (κ1) is 24.4. The number of nitrogens with zero attached hydrogens (tertiary/aromatic N) is 4. The molecule has 37 heavy (non-hydrogen) atoms. The Hall–Kier alpha value is -4.29. The zero-order valence-corrected chi connectivity index (χ0v) is 21.3. The smallest absolute Gasteiger partial charge is 0.229 e. The molecular weight excluding hydrogens is 458 g/mol. The molecule has 5 aromatic rings. The molecule has 186 valence electrons. The summed E-state index contributed by atoms with van der Waals surface area (Å²) in [6, 6.07) is 30.5. The van der Waals surface area contributed by atoms with Gasteiger partial charge in [-0.3, -0.25) is 0 Å². The topological polar surface area (TPSA) is 63.2 Å². The summed E-state index contributed by atoms with van der Waals surface area (Å²) in [6.45, 7) is 7.98. The SMILES string of the molecule is CCN(CC)CCOc1ccc(Nc2ncc3cc(-c4ccccc4)c(-c4ccccc4)nc3n2)cc1. The Balaban J connectivity index is 1.38. The van der Waals surface area contributed by atoms with Crippen molar-refractivity contribution >= 4 is 22.7 Å². The molecule has 6 nitrogen and oxygen atoms in total. The van der Waals surface area contributed by atoms with E-state index in [4.69, 9.17) is 14.7 Å². The molecule has 1 N–H and O–H groups in total. The highest BCUT2D eigenvalue weighted by molar-refractivity contribution is 5.90. The van der Waals surface area contributed by atoms with Crippen LogP contribution in [0.4, 0.5) is 11.6 Å². The zero-order valence-electron chi connectivity index (χ0n) is 21.3. The Morgan fingerprint density at radius 1 is 0.784 bits per heavy atom. The number of hydrogen-bond acceptors (Lipinski definition) is 6. The quantitative estimate of drug-likeness (QED) is 0.232. The maximum Gasteiger partial charge on any atom is 0.229 e. The van der Waals surface area contributed by atoms with E-state index in [1.165, 1.54) is 0 Å². The summed E-state index contributed by atoms with van der Waals surface area (Å²) < 4.78 is 5.90. The van der Waals surface area contributed by atoms with E-state index in [-0.39, 0.29) is 0 Å². The monoisotopic (exact) mass is 489 g/mol. The van der Waals surface area contributed by atoms with E-state index in [9.17, 15) is 0 Å². The minimum Gasteiger partial charge on any atom is -0.492 e. The van der Waals surface area contributed by atoms with Crippen molar-refractivity contribution < 1.29 is 4.74 Å². The van der Waals surface area contributed by atoms with Gasteiger partial charge in [-0.05, 0) is 49.0 Å². The Bertz CT molecular complexity index is 1440. The Morgan fingerprint density at radius 3 is 2.14 bits per heavy atom. The van der Waals surface area contributed by atoms with Gasteiger partial charge in [-0.2, -0.15) is 4.98 Å². The molecule has 0 spiro atoms. The largest absolute Gasteiger partial charge is 0.492 e. The van der Waals surface area contributed by atoms with Gasteiger partial charge < -0.3 is 15.0 Å². The maximum atomic E-state index is 5.90. The van der Waals surface area contributed by atoms with E-state index in [1.807, 2.05) is 66.9 Å². The van der Waals surface area contributed by atoms with E-state index in [1.54, 1.807) is 0 Å². The van der Waals surface area contributed by atoms with Gasteiger partial charge in [-0.1, -0.05) is 74.5 Å². The maximum absolute atomic E-state index is 5.90. The number of rotatable bonds is 10. The molecule has 3 aromatic carbocycles. The van der Waals surface area contributed by atoms with E-state index < -0.39 is 0 Å². The molecule has 0 atom stereocenters. The third kappa shape index (κ3) is 5.93. The van der Waals surface area contributed by atoms with Crippen molar-refractivity contribution in [3.63, 3.8) is 0 Å². The van der Waals surface area contributed by atoms with Crippen molar-refractivity contribution in [2.24, 2.45) is 0 Å². The lowest BCUT2D eigenvalue weighted by molar-refractivity contribution is 0.223. The first-order chi connectivity index (χ1) is 18.2. The summed E-state index contributed by atoms with van der Waals surface area (Å²) in [7, 11) is 0. The number of hydrogen-bond donors (Lipinski definition) is 1. The molecule has 0 aliphatic rings. The van der Waals surface area contributed by atoms with Crippen molar-refractivity contribution in [1.29, 1.82) is 0 Å². The van der Waals surface area contributed by atoms with Crippen LogP contribution in [-0.4, -0.2) is 46.1 Å². The third-order valence-electron chi connectivity index (χ3n) is 6.38. The van der Waals surface area contributed by atoms with Crippen LogP contribution in [0.1, 0.15) is 13.8 Å². The van der Waals surface area contributed by atoms with E-state index in [0.29, 0.717) is 18.2 Å². The van der Waals surface area contributed by atoms with Gasteiger partial charge in [-0.25, -0.2) is 9.97 Å². The fourth-order valence-corrected chi connectivity index (χ4v) is 4.27. The van der Waals surface area contributed by atoms with Gasteiger partial charge in [0.2, 0.25) is 5.95 Å². The minimum atomic E-state index is 0.502. The first-order valence-electron chi connectivity index (χ1n) is 12.7. The van der Waals surface area contributed by atoms with Gasteiger partial charge in [0.25, 0.3) is 0 Å². The van der Waals surface area contributed by atoms with Crippen LogP contribution in [0.2, 0.25) is 0 Å². The van der Waals surface area contributed by atoms with Crippen molar-refractivity contribution in [2.45, 2.75) is 13.8 Å². The predicted molar refractivity (Wildman–Crippen MR) is 151 cm³/mol. The van der Waals surface area contributed by atoms with Gasteiger partial charge in [0.1, 0.15) is 12.4 Å². The molecule has 0 aliphatic carbocycles. The van der Waals surface area contributed by atoms with E-state index in [0.717, 1.165) is 58.8 Å².